The minimum Gasteiger partial charge on any atom is -0.451 e. The van der Waals surface area contributed by atoms with E-state index in [4.69, 9.17) is 9.26 Å². The van der Waals surface area contributed by atoms with Gasteiger partial charge in [-0.05, 0) is 23.6 Å². The zero-order chi connectivity index (χ0) is 17.2. The van der Waals surface area contributed by atoms with Crippen LogP contribution in [0.5, 0.6) is 0 Å². The maximum Gasteiger partial charge on any atom is 0.416 e. The predicted octanol–water partition coefficient (Wildman–Crippen LogP) is 4.17. The van der Waals surface area contributed by atoms with Gasteiger partial charge in [0.05, 0.1) is 5.56 Å². The SMILES string of the molecule is O=C(OCc1nc(-c2ccc(C(F)(F)F)cc2)no1)c1cccs1. The lowest BCUT2D eigenvalue weighted by molar-refractivity contribution is -0.137. The Balaban J connectivity index is 1.66. The molecule has 2 aromatic heterocycles. The lowest BCUT2D eigenvalue weighted by Crippen LogP contribution is -2.04. The molecule has 0 aliphatic carbocycles. The van der Waals surface area contributed by atoms with Crippen molar-refractivity contribution in [2.24, 2.45) is 0 Å². The third-order valence-corrected chi connectivity index (χ3v) is 3.84. The van der Waals surface area contributed by atoms with Crippen LogP contribution in [0.1, 0.15) is 21.1 Å². The molecule has 0 N–H and O–H groups in total. The molecule has 24 heavy (non-hydrogen) atoms. The molecule has 3 rings (SSSR count). The smallest absolute Gasteiger partial charge is 0.416 e. The van der Waals surface area contributed by atoms with Crippen LogP contribution < -0.4 is 0 Å². The second-order valence-corrected chi connectivity index (χ2v) is 5.59. The van der Waals surface area contributed by atoms with Gasteiger partial charge in [0, 0.05) is 5.56 Å². The molecule has 0 saturated carbocycles. The number of aromatic nitrogens is 2. The van der Waals surface area contributed by atoms with Gasteiger partial charge in [0.2, 0.25) is 5.82 Å². The van der Waals surface area contributed by atoms with Gasteiger partial charge in [0.1, 0.15) is 4.88 Å². The molecule has 5 nitrogen and oxygen atoms in total. The van der Waals surface area contributed by atoms with Gasteiger partial charge in [-0.1, -0.05) is 23.4 Å². The summed E-state index contributed by atoms with van der Waals surface area (Å²) in [5.41, 5.74) is -0.401. The topological polar surface area (TPSA) is 65.2 Å². The van der Waals surface area contributed by atoms with Crippen LogP contribution in [0.25, 0.3) is 11.4 Å². The summed E-state index contributed by atoms with van der Waals surface area (Å²) >= 11 is 1.24. The van der Waals surface area contributed by atoms with Gasteiger partial charge in [-0.2, -0.15) is 18.2 Å². The van der Waals surface area contributed by atoms with Gasteiger partial charge in [-0.3, -0.25) is 0 Å². The van der Waals surface area contributed by atoms with Crippen LogP contribution in [-0.4, -0.2) is 16.1 Å². The van der Waals surface area contributed by atoms with E-state index in [2.05, 4.69) is 10.1 Å². The van der Waals surface area contributed by atoms with E-state index in [1.54, 1.807) is 17.5 Å². The van der Waals surface area contributed by atoms with Gasteiger partial charge in [-0.25, -0.2) is 4.79 Å². The summed E-state index contributed by atoms with van der Waals surface area (Å²) in [6.45, 7) is -0.218. The van der Waals surface area contributed by atoms with E-state index in [0.29, 0.717) is 10.4 Å². The third-order valence-electron chi connectivity index (χ3n) is 2.99. The summed E-state index contributed by atoms with van der Waals surface area (Å²) in [5, 5.41) is 5.40. The van der Waals surface area contributed by atoms with Crippen molar-refractivity contribution < 1.29 is 27.2 Å². The van der Waals surface area contributed by atoms with Crippen LogP contribution in [0.4, 0.5) is 13.2 Å². The molecule has 2 heterocycles. The van der Waals surface area contributed by atoms with Crippen molar-refractivity contribution in [1.82, 2.24) is 10.1 Å². The Hall–Kier alpha value is -2.68. The zero-order valence-electron chi connectivity index (χ0n) is 11.9. The number of carbonyl (C=O) groups excluding carboxylic acids is 1. The predicted molar refractivity (Wildman–Crippen MR) is 78.2 cm³/mol. The molecular formula is C15H9F3N2O3S. The molecule has 0 atom stereocenters. The number of halogens is 3. The summed E-state index contributed by atoms with van der Waals surface area (Å²) in [6.07, 6.45) is -4.41. The normalized spacial score (nSPS) is 11.5. The van der Waals surface area contributed by atoms with Crippen molar-refractivity contribution >= 4 is 17.3 Å². The van der Waals surface area contributed by atoms with Crippen molar-refractivity contribution in [3.8, 4) is 11.4 Å². The standard InChI is InChI=1S/C15H9F3N2O3S/c16-15(17,18)10-5-3-9(4-6-10)13-19-12(23-20-13)8-22-14(21)11-2-1-7-24-11/h1-7H,8H2. The van der Waals surface area contributed by atoms with E-state index < -0.39 is 17.7 Å². The number of rotatable bonds is 4. The first-order valence-electron chi connectivity index (χ1n) is 6.64. The van der Waals surface area contributed by atoms with Gasteiger partial charge in [-0.15, -0.1) is 11.3 Å². The highest BCUT2D eigenvalue weighted by Gasteiger charge is 2.30. The number of hydrogen-bond acceptors (Lipinski definition) is 6. The molecular weight excluding hydrogens is 345 g/mol. The second-order valence-electron chi connectivity index (χ2n) is 4.64. The van der Waals surface area contributed by atoms with E-state index in [0.717, 1.165) is 12.1 Å². The molecule has 0 amide bonds. The van der Waals surface area contributed by atoms with Crippen LogP contribution in [0.2, 0.25) is 0 Å². The van der Waals surface area contributed by atoms with Gasteiger partial charge in [0.25, 0.3) is 5.89 Å². The first-order chi connectivity index (χ1) is 11.4. The maximum atomic E-state index is 12.5. The molecule has 0 fully saturated rings. The zero-order valence-corrected chi connectivity index (χ0v) is 12.7. The molecule has 124 valence electrons. The van der Waals surface area contributed by atoms with Crippen LogP contribution in [-0.2, 0) is 17.5 Å². The summed E-state index contributed by atoms with van der Waals surface area (Å²) in [6, 6.07) is 7.69. The third kappa shape index (κ3) is 3.62. The van der Waals surface area contributed by atoms with Crippen molar-refractivity contribution in [2.75, 3.05) is 0 Å². The molecule has 0 saturated heterocycles. The van der Waals surface area contributed by atoms with Gasteiger partial charge >= 0.3 is 12.1 Å². The molecule has 3 aromatic rings. The van der Waals surface area contributed by atoms with Crippen molar-refractivity contribution in [1.29, 1.82) is 0 Å². The molecule has 0 unspecified atom stereocenters. The first kappa shape index (κ1) is 16.2. The lowest BCUT2D eigenvalue weighted by atomic mass is 10.1. The van der Waals surface area contributed by atoms with Crippen LogP contribution in [0, 0.1) is 0 Å². The number of thiophene rings is 1. The summed E-state index contributed by atoms with van der Waals surface area (Å²) in [5.74, 6) is -0.347. The Morgan fingerprint density at radius 2 is 1.96 bits per heavy atom. The molecule has 0 aliphatic heterocycles. The second kappa shape index (κ2) is 6.44. The van der Waals surface area contributed by atoms with Crippen molar-refractivity contribution in [3.05, 3.63) is 58.1 Å². The van der Waals surface area contributed by atoms with E-state index >= 15 is 0 Å². The van der Waals surface area contributed by atoms with E-state index in [9.17, 15) is 18.0 Å². The average molecular weight is 354 g/mol. The summed E-state index contributed by atoms with van der Waals surface area (Å²) < 4.78 is 47.5. The minimum absolute atomic E-state index is 0.0507. The maximum absolute atomic E-state index is 12.5. The number of hydrogen-bond donors (Lipinski definition) is 0. The Bertz CT molecular complexity index is 827. The fourth-order valence-electron chi connectivity index (χ4n) is 1.83. The number of carbonyl (C=O) groups is 1. The van der Waals surface area contributed by atoms with Crippen molar-refractivity contribution in [2.45, 2.75) is 12.8 Å². The monoisotopic (exact) mass is 354 g/mol. The summed E-state index contributed by atoms with van der Waals surface area (Å²) in [7, 11) is 0. The van der Waals surface area contributed by atoms with E-state index in [1.165, 1.54) is 23.5 Å². The quantitative estimate of drug-likeness (QED) is 0.658. The molecule has 0 radical (unpaired) electrons. The first-order valence-corrected chi connectivity index (χ1v) is 7.52. The van der Waals surface area contributed by atoms with E-state index in [1.807, 2.05) is 0 Å². The average Bonchev–Trinajstić information content (AvgIpc) is 3.23. The van der Waals surface area contributed by atoms with Gasteiger partial charge < -0.3 is 9.26 Å². The van der Waals surface area contributed by atoms with Gasteiger partial charge in [0.15, 0.2) is 6.61 Å². The van der Waals surface area contributed by atoms with Crippen LogP contribution in [0.3, 0.4) is 0 Å². The van der Waals surface area contributed by atoms with Crippen LogP contribution in [0.15, 0.2) is 46.3 Å². The number of esters is 1. The fourth-order valence-corrected chi connectivity index (χ4v) is 2.45. The summed E-state index contributed by atoms with van der Waals surface area (Å²) in [4.78, 5) is 16.1. The molecule has 0 aliphatic rings. The minimum atomic E-state index is -4.41. The van der Waals surface area contributed by atoms with E-state index in [-0.39, 0.29) is 18.3 Å². The Morgan fingerprint density at radius 1 is 1.21 bits per heavy atom. The molecule has 9 heteroatoms. The largest absolute Gasteiger partial charge is 0.451 e. The highest BCUT2D eigenvalue weighted by atomic mass is 32.1. The number of nitrogens with zero attached hydrogens (tertiary/aromatic N) is 2. The number of alkyl halides is 3. The highest BCUT2D eigenvalue weighted by molar-refractivity contribution is 7.11. The lowest BCUT2D eigenvalue weighted by Gasteiger charge is -2.05. The molecule has 0 bridgehead atoms. The number of ether oxygens (including phenoxy) is 1. The molecule has 1 aromatic carbocycles. The Morgan fingerprint density at radius 3 is 2.58 bits per heavy atom. The van der Waals surface area contributed by atoms with Crippen LogP contribution >= 0.6 is 11.3 Å². The molecule has 0 spiro atoms. The Kier molecular flexibility index (Phi) is 4.34. The Labute approximate surface area is 137 Å². The fraction of sp³-hybridized carbons (Fsp3) is 0.133. The number of benzene rings is 1. The van der Waals surface area contributed by atoms with Crippen molar-refractivity contribution in [3.63, 3.8) is 0 Å². The highest BCUT2D eigenvalue weighted by Crippen LogP contribution is 2.30.